The molecule has 0 radical (unpaired) electrons. The minimum Gasteiger partial charge on any atom is -0.390 e. The topological polar surface area (TPSA) is 78.3 Å². The molecule has 2 aliphatic heterocycles. The largest absolute Gasteiger partial charge is 0.390 e. The van der Waals surface area contributed by atoms with Gasteiger partial charge in [0.2, 0.25) is 5.95 Å². The number of thioether (sulfide) groups is 1. The first-order chi connectivity index (χ1) is 14.5. The molecule has 7 heteroatoms. The van der Waals surface area contributed by atoms with Crippen LogP contribution in [0.5, 0.6) is 0 Å². The van der Waals surface area contributed by atoms with Gasteiger partial charge >= 0.3 is 0 Å². The maximum Gasteiger partial charge on any atom is 0.254 e. The van der Waals surface area contributed by atoms with Crippen LogP contribution in [0, 0.1) is 17.8 Å². The molecule has 0 aromatic carbocycles. The zero-order valence-electron chi connectivity index (χ0n) is 17.3. The number of carbonyl (C=O) groups excluding carboxylic acids is 1. The van der Waals surface area contributed by atoms with Crippen molar-refractivity contribution in [2.24, 2.45) is 17.8 Å². The predicted molar refractivity (Wildman–Crippen MR) is 116 cm³/mol. The summed E-state index contributed by atoms with van der Waals surface area (Å²) in [5, 5.41) is 14.9. The van der Waals surface area contributed by atoms with Gasteiger partial charge in [0.1, 0.15) is 0 Å². The van der Waals surface area contributed by atoms with Gasteiger partial charge in [-0.05, 0) is 69.1 Å². The second-order valence-corrected chi connectivity index (χ2v) is 12.3. The van der Waals surface area contributed by atoms with Crippen LogP contribution in [0.25, 0.3) is 0 Å². The van der Waals surface area contributed by atoms with E-state index in [4.69, 9.17) is 4.98 Å². The van der Waals surface area contributed by atoms with Crippen molar-refractivity contribution in [1.29, 1.82) is 0 Å². The summed E-state index contributed by atoms with van der Waals surface area (Å²) in [5.41, 5.74) is 1.19. The summed E-state index contributed by atoms with van der Waals surface area (Å²) in [6.07, 6.45) is 10.3. The second kappa shape index (κ2) is 6.35. The fraction of sp³-hybridized carbons (Fsp3) is 0.783. The van der Waals surface area contributed by atoms with Crippen molar-refractivity contribution in [3.8, 4) is 0 Å². The Morgan fingerprint density at radius 1 is 1.20 bits per heavy atom. The maximum absolute atomic E-state index is 13.4. The number of amides is 1. The first-order valence-corrected chi connectivity index (χ1v) is 12.9. The molecular formula is C23H30N4O2S. The highest BCUT2D eigenvalue weighted by atomic mass is 32.2. The van der Waals surface area contributed by atoms with Gasteiger partial charge in [0, 0.05) is 41.7 Å². The van der Waals surface area contributed by atoms with E-state index in [9.17, 15) is 9.90 Å². The standard InChI is InChI=1S/C23H30N4O2S/c28-21(25-19-14-3-12-4-15(19)8-23(29,6-12)7-14)18-9-24-22(26-20(18)13-1-2-13)27-10-17-5-16(27)11-30-17/h9,12-17,19,29H,1-8,10-11H2,(H,25,28)/t12?,14?,15?,16?,17?,19-,23+. The minimum atomic E-state index is -0.463. The Labute approximate surface area is 181 Å². The van der Waals surface area contributed by atoms with E-state index >= 15 is 0 Å². The van der Waals surface area contributed by atoms with Gasteiger partial charge in [0.05, 0.1) is 16.9 Å². The number of carbonyl (C=O) groups is 1. The molecule has 1 amide bonds. The van der Waals surface area contributed by atoms with Gasteiger partial charge in [-0.3, -0.25) is 4.79 Å². The van der Waals surface area contributed by atoms with Crippen molar-refractivity contribution >= 4 is 23.6 Å². The molecular weight excluding hydrogens is 396 g/mol. The number of fused-ring (bicyclic) bond motifs is 2. The number of nitrogens with zero attached hydrogens (tertiary/aromatic N) is 3. The lowest BCUT2D eigenvalue weighted by atomic mass is 9.52. The van der Waals surface area contributed by atoms with E-state index in [1.54, 1.807) is 6.20 Å². The van der Waals surface area contributed by atoms with Crippen LogP contribution < -0.4 is 10.2 Å². The van der Waals surface area contributed by atoms with E-state index < -0.39 is 5.60 Å². The molecule has 5 aliphatic carbocycles. The molecule has 30 heavy (non-hydrogen) atoms. The molecule has 7 fully saturated rings. The number of rotatable bonds is 4. The number of aromatic nitrogens is 2. The summed E-state index contributed by atoms with van der Waals surface area (Å²) < 4.78 is 0. The molecule has 160 valence electrons. The Bertz CT molecular complexity index is 889. The summed E-state index contributed by atoms with van der Waals surface area (Å²) in [6, 6.07) is 0.762. The molecule has 8 rings (SSSR count). The fourth-order valence-corrected chi connectivity index (χ4v) is 8.89. The lowest BCUT2D eigenvalue weighted by molar-refractivity contribution is -0.136. The highest BCUT2D eigenvalue weighted by molar-refractivity contribution is 8.00. The minimum absolute atomic E-state index is 0.00594. The van der Waals surface area contributed by atoms with Crippen LogP contribution in [0.3, 0.4) is 0 Å². The van der Waals surface area contributed by atoms with Crippen LogP contribution in [0.2, 0.25) is 0 Å². The third kappa shape index (κ3) is 2.84. The lowest BCUT2D eigenvalue weighted by Crippen LogP contribution is -2.61. The van der Waals surface area contributed by atoms with Crippen molar-refractivity contribution in [3.63, 3.8) is 0 Å². The highest BCUT2D eigenvalue weighted by Gasteiger charge is 2.55. The molecule has 1 aromatic heterocycles. The van der Waals surface area contributed by atoms with E-state index in [0.29, 0.717) is 35.3 Å². The zero-order chi connectivity index (χ0) is 20.0. The van der Waals surface area contributed by atoms with Gasteiger partial charge < -0.3 is 15.3 Å². The summed E-state index contributed by atoms with van der Waals surface area (Å²) in [7, 11) is 0. The van der Waals surface area contributed by atoms with E-state index in [-0.39, 0.29) is 11.9 Å². The molecule has 7 aliphatic rings. The Balaban J connectivity index is 1.14. The number of nitrogens with one attached hydrogen (secondary N) is 1. The van der Waals surface area contributed by atoms with Crippen LogP contribution in [-0.4, -0.2) is 56.2 Å². The molecule has 3 heterocycles. The average molecular weight is 427 g/mol. The van der Waals surface area contributed by atoms with Crippen molar-refractivity contribution in [3.05, 3.63) is 17.5 Å². The first-order valence-electron chi connectivity index (χ1n) is 11.8. The molecule has 2 saturated heterocycles. The highest BCUT2D eigenvalue weighted by Crippen LogP contribution is 2.55. The van der Waals surface area contributed by atoms with Crippen LogP contribution >= 0.6 is 11.8 Å². The van der Waals surface area contributed by atoms with E-state index in [1.807, 2.05) is 0 Å². The molecule has 1 aromatic rings. The van der Waals surface area contributed by atoms with Gasteiger partial charge in [0.25, 0.3) is 5.91 Å². The third-order valence-electron chi connectivity index (χ3n) is 8.71. The number of hydrogen-bond acceptors (Lipinski definition) is 6. The third-order valence-corrected chi connectivity index (χ3v) is 10.1. The summed E-state index contributed by atoms with van der Waals surface area (Å²) in [4.78, 5) is 25.4. The van der Waals surface area contributed by atoms with Crippen molar-refractivity contribution in [1.82, 2.24) is 15.3 Å². The second-order valence-electron chi connectivity index (χ2n) is 10.9. The summed E-state index contributed by atoms with van der Waals surface area (Å²) in [6.45, 7) is 1.04. The van der Waals surface area contributed by atoms with Crippen molar-refractivity contribution in [2.75, 3.05) is 17.2 Å². The molecule has 4 atom stereocenters. The normalized spacial score (nSPS) is 43.4. The maximum atomic E-state index is 13.4. The summed E-state index contributed by atoms with van der Waals surface area (Å²) in [5.74, 6) is 3.93. The molecule has 6 bridgehead atoms. The fourth-order valence-electron chi connectivity index (χ4n) is 7.46. The SMILES string of the molecule is O=C(N[C@H]1C2CC3CC1C[C@@](O)(C3)C2)c1cnc(N2CC3CC2CS3)nc1C1CC1. The molecule has 2 N–H and O–H groups in total. The van der Waals surface area contributed by atoms with Gasteiger partial charge in [-0.1, -0.05) is 0 Å². The molecule has 0 spiro atoms. The monoisotopic (exact) mass is 426 g/mol. The summed E-state index contributed by atoms with van der Waals surface area (Å²) >= 11 is 2.07. The lowest BCUT2D eigenvalue weighted by Gasteiger charge is -2.58. The Morgan fingerprint density at radius 2 is 2.00 bits per heavy atom. The Kier molecular flexibility index (Phi) is 3.86. The van der Waals surface area contributed by atoms with Crippen LogP contribution in [0.4, 0.5) is 5.95 Å². The Morgan fingerprint density at radius 3 is 2.63 bits per heavy atom. The van der Waals surface area contributed by atoms with Gasteiger partial charge in [-0.25, -0.2) is 9.97 Å². The van der Waals surface area contributed by atoms with Crippen LogP contribution in [-0.2, 0) is 0 Å². The molecule has 4 unspecified atom stereocenters. The smallest absolute Gasteiger partial charge is 0.254 e. The van der Waals surface area contributed by atoms with E-state index in [2.05, 4.69) is 27.0 Å². The predicted octanol–water partition coefficient (Wildman–Crippen LogP) is 2.72. The Hall–Kier alpha value is -1.34. The molecule has 5 saturated carbocycles. The molecule has 6 nitrogen and oxygen atoms in total. The van der Waals surface area contributed by atoms with Crippen molar-refractivity contribution < 1.29 is 9.90 Å². The van der Waals surface area contributed by atoms with E-state index in [1.165, 1.54) is 12.2 Å². The average Bonchev–Trinajstić information content (AvgIpc) is 3.35. The van der Waals surface area contributed by atoms with Crippen LogP contribution in [0.15, 0.2) is 6.20 Å². The number of anilines is 1. The van der Waals surface area contributed by atoms with Gasteiger partial charge in [-0.15, -0.1) is 0 Å². The number of hydrogen-bond donors (Lipinski definition) is 2. The van der Waals surface area contributed by atoms with Gasteiger partial charge in [0.15, 0.2) is 0 Å². The van der Waals surface area contributed by atoms with E-state index in [0.717, 1.165) is 68.4 Å². The quantitative estimate of drug-likeness (QED) is 0.771. The van der Waals surface area contributed by atoms with Gasteiger partial charge in [-0.2, -0.15) is 11.8 Å². The van der Waals surface area contributed by atoms with Crippen LogP contribution in [0.1, 0.15) is 73.3 Å². The van der Waals surface area contributed by atoms with Crippen molar-refractivity contribution in [2.45, 2.75) is 80.2 Å². The first kappa shape index (κ1) is 18.3. The number of aliphatic hydroxyl groups is 1. The zero-order valence-corrected chi connectivity index (χ0v) is 18.1.